The molecule has 2 aliphatic heterocycles. The van der Waals surface area contributed by atoms with Crippen LogP contribution < -0.4 is 25.6 Å². The quantitative estimate of drug-likeness (QED) is 0.0466. The first-order chi connectivity index (χ1) is 35.8. The summed E-state index contributed by atoms with van der Waals surface area (Å²) < 4.78 is 25.5. The van der Waals surface area contributed by atoms with E-state index in [1.165, 1.54) is 4.90 Å². The molecule has 2 saturated heterocycles. The number of ether oxygens (including phenoxy) is 4. The second-order valence-electron chi connectivity index (χ2n) is 19.1. The lowest BCUT2D eigenvalue weighted by molar-refractivity contribution is -0.142. The van der Waals surface area contributed by atoms with Gasteiger partial charge in [0.25, 0.3) is 0 Å². The molecule has 0 bridgehead atoms. The van der Waals surface area contributed by atoms with Crippen LogP contribution in [0.1, 0.15) is 88.1 Å². The molecule has 2 aliphatic rings. The smallest absolute Gasteiger partial charge is 0.246 e. The SMILES string of the molecule is CC[C@H](NC(=O)COCCOCCOCCc1ccc(OC2CCN(c3nccc(Nc4cc5c(cn4)nc(C)n5C(C)C)n3)CC2)cc1)C(=O)N1C[C@H](O)C[C@H]1C(=O)N[C@@H](C)c1ccc(-c2scnc2C)cc1. The summed E-state index contributed by atoms with van der Waals surface area (Å²) in [4.78, 5) is 67.5. The maximum atomic E-state index is 13.6. The molecular formula is C54H69N11O8S. The fourth-order valence-corrected chi connectivity index (χ4v) is 10.2. The third-order valence-electron chi connectivity index (χ3n) is 13.3. The number of amides is 3. The number of aryl methyl sites for hydroxylation is 2. The highest BCUT2D eigenvalue weighted by atomic mass is 32.1. The van der Waals surface area contributed by atoms with Crippen molar-refractivity contribution >= 4 is 57.7 Å². The third kappa shape index (κ3) is 14.0. The molecule has 4 aromatic heterocycles. The summed E-state index contributed by atoms with van der Waals surface area (Å²) in [6.07, 6.45) is 5.65. The first kappa shape index (κ1) is 53.7. The molecule has 0 unspecified atom stereocenters. The first-order valence-corrected chi connectivity index (χ1v) is 26.5. The molecule has 20 heteroatoms. The zero-order valence-electron chi connectivity index (χ0n) is 43.2. The highest BCUT2D eigenvalue weighted by Gasteiger charge is 2.41. The van der Waals surface area contributed by atoms with E-state index in [1.807, 2.05) is 74.8 Å². The van der Waals surface area contributed by atoms with Crippen LogP contribution in [0.2, 0.25) is 0 Å². The highest BCUT2D eigenvalue weighted by Crippen LogP contribution is 2.30. The summed E-state index contributed by atoms with van der Waals surface area (Å²) in [7, 11) is 0. The van der Waals surface area contributed by atoms with Gasteiger partial charge in [-0.05, 0) is 82.3 Å². The number of aromatic nitrogens is 6. The molecule has 394 valence electrons. The number of carbonyl (C=O) groups excluding carboxylic acids is 3. The Bertz CT molecular complexity index is 2800. The summed E-state index contributed by atoms with van der Waals surface area (Å²) in [5.74, 6) is 2.61. The van der Waals surface area contributed by atoms with E-state index in [4.69, 9.17) is 23.9 Å². The average Bonchev–Trinajstić information content (AvgIpc) is 4.12. The van der Waals surface area contributed by atoms with Crippen LogP contribution in [0.5, 0.6) is 5.75 Å². The molecule has 74 heavy (non-hydrogen) atoms. The average molecular weight is 1030 g/mol. The van der Waals surface area contributed by atoms with Crippen LogP contribution in [0, 0.1) is 13.8 Å². The standard InChI is InChI=1S/C54H69N11O8S/c1-7-44(53(69)64-31-41(66)28-47(64)52(68)58-35(4)39-10-12-40(13-11-39)51-36(5)57-33-74-51)60-50(67)32-72-27-26-71-25-24-70-23-19-38-8-14-42(15-9-38)73-43-17-21-63(22-18-43)54-55-20-16-48(62-54)61-49-29-46-45(30-56-49)59-37(6)65(46)34(2)3/h8-16,20,29-30,33-35,41,43-44,47,66H,7,17-19,21-28,31-32H2,1-6H3,(H,58,68)(H,60,67)(H,55,56,61,62)/t35-,41+,44-,47-/m0/s1. The van der Waals surface area contributed by atoms with Crippen molar-refractivity contribution < 1.29 is 38.4 Å². The fraction of sp³-hybridized carbons (Fsp3) is 0.481. The lowest BCUT2D eigenvalue weighted by Crippen LogP contribution is -2.54. The van der Waals surface area contributed by atoms with Crippen molar-refractivity contribution in [2.45, 2.75) is 110 Å². The molecule has 19 nitrogen and oxygen atoms in total. The molecule has 3 amide bonds. The minimum atomic E-state index is -0.880. The van der Waals surface area contributed by atoms with Gasteiger partial charge in [0.1, 0.15) is 53.5 Å². The molecule has 0 spiro atoms. The van der Waals surface area contributed by atoms with Crippen molar-refractivity contribution in [1.29, 1.82) is 0 Å². The van der Waals surface area contributed by atoms with E-state index < -0.39 is 30.0 Å². The summed E-state index contributed by atoms with van der Waals surface area (Å²) in [6.45, 7) is 15.0. The number of imidazole rings is 1. The number of β-amino-alcohol motifs (C(OH)–C–C–N with tert-alkyl or cyclic N) is 1. The van der Waals surface area contributed by atoms with Crippen molar-refractivity contribution in [1.82, 2.24) is 45.0 Å². The minimum Gasteiger partial charge on any atom is -0.490 e. The van der Waals surface area contributed by atoms with E-state index in [0.29, 0.717) is 43.8 Å². The van der Waals surface area contributed by atoms with E-state index in [1.54, 1.807) is 30.7 Å². The van der Waals surface area contributed by atoms with Gasteiger partial charge < -0.3 is 54.4 Å². The summed E-state index contributed by atoms with van der Waals surface area (Å²) in [5.41, 5.74) is 7.78. The molecule has 2 fully saturated rings. The Morgan fingerprint density at radius 2 is 1.58 bits per heavy atom. The molecular weight excluding hydrogens is 963 g/mol. The Morgan fingerprint density at radius 1 is 0.851 bits per heavy atom. The molecule has 6 aromatic rings. The van der Waals surface area contributed by atoms with E-state index in [2.05, 4.69) is 71.3 Å². The van der Waals surface area contributed by atoms with Crippen LogP contribution >= 0.6 is 11.3 Å². The summed E-state index contributed by atoms with van der Waals surface area (Å²) >= 11 is 1.58. The van der Waals surface area contributed by atoms with Gasteiger partial charge in [-0.1, -0.05) is 43.3 Å². The maximum Gasteiger partial charge on any atom is 0.246 e. The minimum absolute atomic E-state index is 0.00103. The van der Waals surface area contributed by atoms with Crippen LogP contribution in [0.4, 0.5) is 17.6 Å². The first-order valence-electron chi connectivity index (χ1n) is 25.6. The number of hydrogen-bond acceptors (Lipinski definition) is 16. The fourth-order valence-electron chi connectivity index (χ4n) is 9.41. The number of aliphatic hydroxyl groups excluding tert-OH is 1. The van der Waals surface area contributed by atoms with Gasteiger partial charge in [0.15, 0.2) is 0 Å². The van der Waals surface area contributed by atoms with Crippen molar-refractivity contribution in [2.75, 3.05) is 69.5 Å². The molecule has 0 aliphatic carbocycles. The molecule has 2 aromatic carbocycles. The lowest BCUT2D eigenvalue weighted by atomic mass is 10.0. The number of hydrogen-bond donors (Lipinski definition) is 4. The number of fused-ring (bicyclic) bond motifs is 1. The summed E-state index contributed by atoms with van der Waals surface area (Å²) in [5, 5.41) is 19.6. The predicted octanol–water partition coefficient (Wildman–Crippen LogP) is 6.66. The number of nitrogens with one attached hydrogen (secondary N) is 3. The van der Waals surface area contributed by atoms with E-state index in [9.17, 15) is 19.5 Å². The van der Waals surface area contributed by atoms with Crippen molar-refractivity contribution in [3.63, 3.8) is 0 Å². The van der Waals surface area contributed by atoms with Crippen LogP contribution in [-0.4, -0.2) is 141 Å². The molecule has 0 radical (unpaired) electrons. The van der Waals surface area contributed by atoms with Crippen LogP contribution in [0.15, 0.2) is 78.6 Å². The van der Waals surface area contributed by atoms with Crippen LogP contribution in [0.3, 0.4) is 0 Å². The van der Waals surface area contributed by atoms with Gasteiger partial charge in [0.2, 0.25) is 23.7 Å². The van der Waals surface area contributed by atoms with Gasteiger partial charge in [0, 0.05) is 57.2 Å². The van der Waals surface area contributed by atoms with Crippen LogP contribution in [-0.2, 0) is 35.0 Å². The monoisotopic (exact) mass is 1030 g/mol. The maximum absolute atomic E-state index is 13.6. The zero-order valence-corrected chi connectivity index (χ0v) is 44.0. The number of thiazole rings is 1. The zero-order chi connectivity index (χ0) is 52.1. The Morgan fingerprint density at radius 3 is 2.28 bits per heavy atom. The molecule has 4 N–H and O–H groups in total. The summed E-state index contributed by atoms with van der Waals surface area (Å²) in [6, 6.07) is 18.1. The molecule has 8 rings (SSSR count). The number of carbonyl (C=O) groups is 3. The Hall–Kier alpha value is -6.58. The van der Waals surface area contributed by atoms with Gasteiger partial charge >= 0.3 is 0 Å². The number of anilines is 3. The van der Waals surface area contributed by atoms with Gasteiger partial charge in [0.05, 0.1) is 73.0 Å². The van der Waals surface area contributed by atoms with E-state index in [-0.39, 0.29) is 56.9 Å². The predicted molar refractivity (Wildman–Crippen MR) is 284 cm³/mol. The third-order valence-corrected chi connectivity index (χ3v) is 14.3. The van der Waals surface area contributed by atoms with Crippen molar-refractivity contribution in [2.24, 2.45) is 0 Å². The van der Waals surface area contributed by atoms with Gasteiger partial charge in [-0.2, -0.15) is 4.98 Å². The van der Waals surface area contributed by atoms with Gasteiger partial charge in [-0.3, -0.25) is 14.4 Å². The van der Waals surface area contributed by atoms with Gasteiger partial charge in [-0.15, -0.1) is 11.3 Å². The van der Waals surface area contributed by atoms with Crippen molar-refractivity contribution in [3.05, 3.63) is 101 Å². The lowest BCUT2D eigenvalue weighted by Gasteiger charge is -2.32. The number of piperidine rings is 1. The normalized spacial score (nSPS) is 16.9. The Kier molecular flexibility index (Phi) is 18.6. The number of benzene rings is 2. The molecule has 0 saturated carbocycles. The van der Waals surface area contributed by atoms with Gasteiger partial charge in [-0.25, -0.2) is 19.9 Å². The molecule has 4 atom stereocenters. The van der Waals surface area contributed by atoms with E-state index >= 15 is 0 Å². The number of likely N-dealkylation sites (tertiary alicyclic amines) is 1. The van der Waals surface area contributed by atoms with Crippen LogP contribution in [0.25, 0.3) is 21.5 Å². The topological polar surface area (TPSA) is 220 Å². The Labute approximate surface area is 436 Å². The van der Waals surface area contributed by atoms with E-state index in [0.717, 1.165) is 82.2 Å². The number of rotatable bonds is 24. The highest BCUT2D eigenvalue weighted by molar-refractivity contribution is 7.13. The van der Waals surface area contributed by atoms with Crippen molar-refractivity contribution in [3.8, 4) is 16.2 Å². The number of nitrogens with zero attached hydrogens (tertiary/aromatic N) is 8. The number of aliphatic hydroxyl groups is 1. The second-order valence-corrected chi connectivity index (χ2v) is 19.9. The largest absolute Gasteiger partial charge is 0.490 e. The Balaban J connectivity index is 0.663. The number of pyridine rings is 1. The second kappa shape index (κ2) is 25.6. The molecule has 6 heterocycles.